The van der Waals surface area contributed by atoms with E-state index in [-0.39, 0.29) is 11.9 Å². The normalized spacial score (nSPS) is 12.6. The van der Waals surface area contributed by atoms with Gasteiger partial charge >= 0.3 is 0 Å². The molecule has 0 saturated carbocycles. The van der Waals surface area contributed by atoms with E-state index >= 15 is 0 Å². The molecule has 19 heavy (non-hydrogen) atoms. The zero-order chi connectivity index (χ0) is 13.8. The van der Waals surface area contributed by atoms with E-state index in [1.54, 1.807) is 13.0 Å². The van der Waals surface area contributed by atoms with Crippen LogP contribution in [0.5, 0.6) is 0 Å². The Hall–Kier alpha value is -0.900. The number of thiophene rings is 1. The molecule has 102 valence electrons. The van der Waals surface area contributed by atoms with Crippen LogP contribution in [0.1, 0.15) is 35.4 Å². The molecule has 1 atom stereocenters. The Bertz CT molecular complexity index is 553. The summed E-state index contributed by atoms with van der Waals surface area (Å²) in [6.07, 6.45) is 1.00. The average Bonchev–Trinajstić information content (AvgIpc) is 2.81. The summed E-state index contributed by atoms with van der Waals surface area (Å²) in [4.78, 5) is 1.04. The van der Waals surface area contributed by atoms with Crippen LogP contribution in [0.4, 0.5) is 4.39 Å². The van der Waals surface area contributed by atoms with Gasteiger partial charge < -0.3 is 5.32 Å². The maximum absolute atomic E-state index is 14.3. The maximum Gasteiger partial charge on any atom is 0.131 e. The second-order valence-corrected chi connectivity index (χ2v) is 6.25. The predicted octanol–water partition coefficient (Wildman–Crippen LogP) is 4.94. The highest BCUT2D eigenvalue weighted by Crippen LogP contribution is 2.32. The summed E-state index contributed by atoms with van der Waals surface area (Å²) < 4.78 is 15.0. The van der Waals surface area contributed by atoms with Crippen molar-refractivity contribution in [2.75, 3.05) is 6.54 Å². The van der Waals surface area contributed by atoms with Crippen LogP contribution in [0, 0.1) is 12.7 Å². The molecule has 1 aromatic carbocycles. The van der Waals surface area contributed by atoms with Gasteiger partial charge in [-0.15, -0.1) is 11.3 Å². The van der Waals surface area contributed by atoms with E-state index in [2.05, 4.69) is 12.2 Å². The highest BCUT2D eigenvalue weighted by molar-refractivity contribution is 7.16. The molecular formula is C15H17ClFNS. The minimum absolute atomic E-state index is 0.127. The third-order valence-electron chi connectivity index (χ3n) is 3.01. The summed E-state index contributed by atoms with van der Waals surface area (Å²) in [5, 5.41) is 3.40. The first kappa shape index (κ1) is 14.5. The second kappa shape index (κ2) is 6.51. The van der Waals surface area contributed by atoms with E-state index in [0.29, 0.717) is 11.1 Å². The Labute approximate surface area is 122 Å². The second-order valence-electron chi connectivity index (χ2n) is 4.51. The number of halogens is 2. The van der Waals surface area contributed by atoms with Crippen LogP contribution in [0.15, 0.2) is 30.3 Å². The third kappa shape index (κ3) is 3.35. The Morgan fingerprint density at radius 1 is 1.32 bits per heavy atom. The van der Waals surface area contributed by atoms with Crippen molar-refractivity contribution in [2.24, 2.45) is 0 Å². The molecule has 0 spiro atoms. The molecule has 2 rings (SSSR count). The minimum Gasteiger partial charge on any atom is -0.306 e. The first-order chi connectivity index (χ1) is 9.13. The van der Waals surface area contributed by atoms with E-state index in [0.717, 1.165) is 22.2 Å². The fourth-order valence-electron chi connectivity index (χ4n) is 2.03. The fraction of sp³-hybridized carbons (Fsp3) is 0.333. The summed E-state index contributed by atoms with van der Waals surface area (Å²) in [5.74, 6) is -0.138. The van der Waals surface area contributed by atoms with Gasteiger partial charge in [-0.2, -0.15) is 0 Å². The van der Waals surface area contributed by atoms with Crippen molar-refractivity contribution in [2.45, 2.75) is 26.3 Å². The highest BCUT2D eigenvalue weighted by atomic mass is 35.5. The average molecular weight is 298 g/mol. The molecule has 0 aliphatic rings. The van der Waals surface area contributed by atoms with Crippen LogP contribution in [-0.4, -0.2) is 6.54 Å². The molecule has 0 aliphatic carbocycles. The van der Waals surface area contributed by atoms with Crippen molar-refractivity contribution in [3.63, 3.8) is 0 Å². The van der Waals surface area contributed by atoms with E-state index < -0.39 is 0 Å². The molecule has 0 fully saturated rings. The molecule has 0 radical (unpaired) electrons. The van der Waals surface area contributed by atoms with Crippen LogP contribution in [-0.2, 0) is 0 Å². The van der Waals surface area contributed by atoms with Gasteiger partial charge in [0, 0.05) is 10.4 Å². The van der Waals surface area contributed by atoms with Crippen LogP contribution >= 0.6 is 22.9 Å². The number of hydrogen-bond donors (Lipinski definition) is 1. The lowest BCUT2D eigenvalue weighted by Crippen LogP contribution is -2.23. The van der Waals surface area contributed by atoms with Crippen molar-refractivity contribution >= 4 is 22.9 Å². The Balaban J connectivity index is 2.39. The summed E-state index contributed by atoms with van der Waals surface area (Å²) in [6.45, 7) is 4.72. The van der Waals surface area contributed by atoms with Crippen molar-refractivity contribution in [3.8, 4) is 0 Å². The molecule has 1 unspecified atom stereocenters. The lowest BCUT2D eigenvalue weighted by molar-refractivity contribution is 0.546. The van der Waals surface area contributed by atoms with Crippen LogP contribution in [0.25, 0.3) is 0 Å². The van der Waals surface area contributed by atoms with Crippen molar-refractivity contribution in [3.05, 3.63) is 56.5 Å². The van der Waals surface area contributed by atoms with Crippen molar-refractivity contribution < 1.29 is 4.39 Å². The molecule has 0 aliphatic heterocycles. The van der Waals surface area contributed by atoms with Gasteiger partial charge in [0.1, 0.15) is 5.82 Å². The minimum atomic E-state index is -0.138. The third-order valence-corrected chi connectivity index (χ3v) is 4.31. The lowest BCUT2D eigenvalue weighted by Gasteiger charge is -2.19. The molecule has 4 heteroatoms. The van der Waals surface area contributed by atoms with Gasteiger partial charge in [0.25, 0.3) is 0 Å². The zero-order valence-electron chi connectivity index (χ0n) is 11.0. The fourth-order valence-corrected chi connectivity index (χ4v) is 3.18. The topological polar surface area (TPSA) is 12.0 Å². The molecule has 1 heterocycles. The monoisotopic (exact) mass is 297 g/mol. The molecule has 1 aromatic heterocycles. The van der Waals surface area contributed by atoms with Crippen LogP contribution in [0.3, 0.4) is 0 Å². The van der Waals surface area contributed by atoms with Gasteiger partial charge in [-0.3, -0.25) is 0 Å². The quantitative estimate of drug-likeness (QED) is 0.824. The molecule has 1 N–H and O–H groups in total. The number of benzene rings is 1. The lowest BCUT2D eigenvalue weighted by atomic mass is 10.0. The summed E-state index contributed by atoms with van der Waals surface area (Å²) in [6, 6.07) is 9.21. The number of rotatable bonds is 5. The van der Waals surface area contributed by atoms with Gasteiger partial charge in [0.05, 0.1) is 10.4 Å². The Kier molecular flexibility index (Phi) is 4.97. The van der Waals surface area contributed by atoms with E-state index in [4.69, 9.17) is 11.6 Å². The highest BCUT2D eigenvalue weighted by Gasteiger charge is 2.19. The summed E-state index contributed by atoms with van der Waals surface area (Å²) in [7, 11) is 0. The molecule has 2 aromatic rings. The smallest absolute Gasteiger partial charge is 0.131 e. The summed E-state index contributed by atoms with van der Waals surface area (Å²) >= 11 is 7.49. The molecule has 0 saturated heterocycles. The maximum atomic E-state index is 14.3. The molecule has 1 nitrogen and oxygen atoms in total. The Morgan fingerprint density at radius 2 is 2.11 bits per heavy atom. The van der Waals surface area contributed by atoms with Crippen LogP contribution < -0.4 is 5.32 Å². The molecular weight excluding hydrogens is 281 g/mol. The summed E-state index contributed by atoms with van der Waals surface area (Å²) in [5.41, 5.74) is 1.36. The first-order valence-electron chi connectivity index (χ1n) is 6.37. The van der Waals surface area contributed by atoms with E-state index in [1.165, 1.54) is 11.3 Å². The Morgan fingerprint density at radius 3 is 2.74 bits per heavy atom. The molecule has 0 amide bonds. The first-order valence-corrected chi connectivity index (χ1v) is 7.56. The largest absolute Gasteiger partial charge is 0.306 e. The van der Waals surface area contributed by atoms with Gasteiger partial charge in [-0.1, -0.05) is 36.7 Å². The van der Waals surface area contributed by atoms with Gasteiger partial charge in [-0.05, 0) is 37.6 Å². The van der Waals surface area contributed by atoms with E-state index in [9.17, 15) is 4.39 Å². The SMILES string of the molecule is CCCNC(c1ccc(Cl)s1)c1cccc(C)c1F. The predicted molar refractivity (Wildman–Crippen MR) is 80.6 cm³/mol. The van der Waals surface area contributed by atoms with Crippen LogP contribution in [0.2, 0.25) is 4.34 Å². The standard InChI is InChI=1S/C15H17ClFNS/c1-3-9-18-15(12-7-8-13(16)19-12)11-6-4-5-10(2)14(11)17/h4-8,15,18H,3,9H2,1-2H3. The van der Waals surface area contributed by atoms with E-state index in [1.807, 2.05) is 24.3 Å². The molecule has 0 bridgehead atoms. The van der Waals surface area contributed by atoms with Gasteiger partial charge in [-0.25, -0.2) is 4.39 Å². The number of hydrogen-bond acceptors (Lipinski definition) is 2. The van der Waals surface area contributed by atoms with Crippen molar-refractivity contribution in [1.82, 2.24) is 5.32 Å². The van der Waals surface area contributed by atoms with Gasteiger partial charge in [0.2, 0.25) is 0 Å². The van der Waals surface area contributed by atoms with Gasteiger partial charge in [0.15, 0.2) is 0 Å². The zero-order valence-corrected chi connectivity index (χ0v) is 12.6. The number of aryl methyl sites for hydroxylation is 1. The van der Waals surface area contributed by atoms with Crippen molar-refractivity contribution in [1.29, 1.82) is 0 Å². The number of nitrogens with one attached hydrogen (secondary N) is 1.